The zero-order chi connectivity index (χ0) is 5.70. The van der Waals surface area contributed by atoms with E-state index in [0.29, 0.717) is 12.2 Å². The topological polar surface area (TPSA) is 43.0 Å². The highest BCUT2D eigenvalue weighted by atomic mass is 32.2. The molecule has 0 heterocycles. The lowest BCUT2D eigenvalue weighted by atomic mass is 10.5. The molecule has 0 aromatic rings. The van der Waals surface area contributed by atoms with E-state index < -0.39 is 11.2 Å². The molecule has 0 aliphatic carbocycles. The first-order valence-electron chi connectivity index (χ1n) is 2.15. The van der Waals surface area contributed by atoms with Gasteiger partial charge in [-0.05, 0) is 0 Å². The second-order valence-electron chi connectivity index (χ2n) is 1.33. The lowest BCUT2D eigenvalue weighted by Gasteiger charge is -1.99. The molecule has 1 atom stereocenters. The van der Waals surface area contributed by atoms with Crippen molar-refractivity contribution in [3.63, 3.8) is 0 Å². The molecule has 1 radical (unpaired) electrons. The maximum Gasteiger partial charge on any atom is 0.107 e. The maximum absolute atomic E-state index is 10.2. The van der Waals surface area contributed by atoms with E-state index in [9.17, 15) is 9.66 Å². The summed E-state index contributed by atoms with van der Waals surface area (Å²) in [7, 11) is 0. The van der Waals surface area contributed by atoms with E-state index in [1.165, 1.54) is 0 Å². The quantitative estimate of drug-likeness (QED) is 0.491. The van der Waals surface area contributed by atoms with Gasteiger partial charge in [0, 0.05) is 6.42 Å². The van der Waals surface area contributed by atoms with Gasteiger partial charge >= 0.3 is 0 Å². The molecule has 0 bridgehead atoms. The molecule has 0 aromatic carbocycles. The van der Waals surface area contributed by atoms with Crippen LogP contribution in [0.1, 0.15) is 6.42 Å². The molecule has 0 aliphatic heterocycles. The van der Waals surface area contributed by atoms with E-state index >= 15 is 0 Å². The number of hydrogen-bond acceptors (Lipinski definition) is 1. The van der Waals surface area contributed by atoms with Gasteiger partial charge in [-0.2, -0.15) is 0 Å². The average molecular weight is 121 g/mol. The van der Waals surface area contributed by atoms with Crippen LogP contribution in [0, 0.1) is 0 Å². The van der Waals surface area contributed by atoms with E-state index in [0.717, 1.165) is 0 Å². The third-order valence-electron chi connectivity index (χ3n) is 0.576. The molecule has 0 aliphatic rings. The molecule has 3 heteroatoms. The Labute approximate surface area is 46.7 Å². The predicted molar refractivity (Wildman–Crippen MR) is 29.1 cm³/mol. The Hall–Kier alpha value is 0.270. The third-order valence-corrected chi connectivity index (χ3v) is 1.44. The SMILES string of the molecule is C[S+]([O-])CCC[O]. The van der Waals surface area contributed by atoms with Gasteiger partial charge in [-0.15, -0.1) is 0 Å². The fraction of sp³-hybridized carbons (Fsp3) is 1.00. The highest BCUT2D eigenvalue weighted by molar-refractivity contribution is 7.90. The summed E-state index contributed by atoms with van der Waals surface area (Å²) in [6.07, 6.45) is 2.15. The minimum Gasteiger partial charge on any atom is -0.617 e. The molecule has 2 nitrogen and oxygen atoms in total. The number of rotatable bonds is 3. The predicted octanol–water partition coefficient (Wildman–Crippen LogP) is 0.185. The molecule has 0 rings (SSSR count). The summed E-state index contributed by atoms with van der Waals surface area (Å²) in [5, 5.41) is 9.70. The van der Waals surface area contributed by atoms with Crippen molar-refractivity contribution in [3.8, 4) is 0 Å². The van der Waals surface area contributed by atoms with Crippen LogP contribution in [-0.2, 0) is 16.3 Å². The van der Waals surface area contributed by atoms with Crippen LogP contribution in [0.2, 0.25) is 0 Å². The van der Waals surface area contributed by atoms with Crippen molar-refractivity contribution in [1.82, 2.24) is 0 Å². The Bertz CT molecular complexity index is 38.7. The van der Waals surface area contributed by atoms with Gasteiger partial charge in [-0.25, -0.2) is 5.11 Å². The van der Waals surface area contributed by atoms with Crippen LogP contribution in [0.25, 0.3) is 0 Å². The van der Waals surface area contributed by atoms with Crippen LogP contribution in [0.3, 0.4) is 0 Å². The van der Waals surface area contributed by atoms with E-state index in [2.05, 4.69) is 0 Å². The van der Waals surface area contributed by atoms with Crippen LogP contribution >= 0.6 is 0 Å². The van der Waals surface area contributed by atoms with Crippen LogP contribution in [0.5, 0.6) is 0 Å². The normalized spacial score (nSPS) is 14.1. The summed E-state index contributed by atoms with van der Waals surface area (Å²) >= 11 is -0.765. The second-order valence-corrected chi connectivity index (χ2v) is 2.89. The lowest BCUT2D eigenvalue weighted by Crippen LogP contribution is -2.03. The summed E-state index contributed by atoms with van der Waals surface area (Å²) in [5.74, 6) is 0.559. The first-order chi connectivity index (χ1) is 3.27. The van der Waals surface area contributed by atoms with Gasteiger partial charge in [-0.1, -0.05) is 11.2 Å². The van der Waals surface area contributed by atoms with E-state index in [1.54, 1.807) is 6.26 Å². The Morgan fingerprint density at radius 2 is 2.29 bits per heavy atom. The maximum atomic E-state index is 10.2. The second kappa shape index (κ2) is 4.43. The Morgan fingerprint density at radius 1 is 1.71 bits per heavy atom. The van der Waals surface area contributed by atoms with Crippen LogP contribution in [-0.4, -0.2) is 23.2 Å². The molecular formula is C4H9O2S. The van der Waals surface area contributed by atoms with Crippen molar-refractivity contribution in [2.24, 2.45) is 0 Å². The third kappa shape index (κ3) is 6.27. The van der Waals surface area contributed by atoms with E-state index in [4.69, 9.17) is 0 Å². The monoisotopic (exact) mass is 121 g/mol. The van der Waals surface area contributed by atoms with Crippen molar-refractivity contribution in [2.75, 3.05) is 18.6 Å². The summed E-state index contributed by atoms with van der Waals surface area (Å²) < 4.78 is 10.2. The van der Waals surface area contributed by atoms with Gasteiger partial charge in [0.05, 0.1) is 12.9 Å². The first kappa shape index (κ1) is 7.27. The highest BCUT2D eigenvalue weighted by Gasteiger charge is 1.93. The van der Waals surface area contributed by atoms with Crippen LogP contribution in [0.4, 0.5) is 0 Å². The smallest absolute Gasteiger partial charge is 0.107 e. The Kier molecular flexibility index (Phi) is 4.60. The summed E-state index contributed by atoms with van der Waals surface area (Å²) in [6.45, 7) is -0.0976. The van der Waals surface area contributed by atoms with Crippen molar-refractivity contribution < 1.29 is 9.66 Å². The van der Waals surface area contributed by atoms with Crippen molar-refractivity contribution in [2.45, 2.75) is 6.42 Å². The van der Waals surface area contributed by atoms with Crippen LogP contribution in [0.15, 0.2) is 0 Å². The van der Waals surface area contributed by atoms with E-state index in [1.807, 2.05) is 0 Å². The van der Waals surface area contributed by atoms with E-state index in [-0.39, 0.29) is 6.61 Å². The van der Waals surface area contributed by atoms with Gasteiger partial charge in [0.1, 0.15) is 5.75 Å². The van der Waals surface area contributed by atoms with Gasteiger partial charge in [0.25, 0.3) is 0 Å². The molecule has 0 spiro atoms. The zero-order valence-corrected chi connectivity index (χ0v) is 5.16. The molecule has 0 saturated carbocycles. The molecule has 0 aromatic heterocycles. The zero-order valence-electron chi connectivity index (χ0n) is 4.35. The molecular weight excluding hydrogens is 112 g/mol. The molecule has 1 unspecified atom stereocenters. The largest absolute Gasteiger partial charge is 0.617 e. The van der Waals surface area contributed by atoms with Gasteiger partial charge < -0.3 is 4.55 Å². The summed E-state index contributed by atoms with van der Waals surface area (Å²) in [4.78, 5) is 0. The standard InChI is InChI=1S/C4H9O2S/c1-7(6)4-2-3-5/h2-4H2,1H3. The first-order valence-corrected chi connectivity index (χ1v) is 3.88. The molecule has 0 saturated heterocycles. The lowest BCUT2D eigenvalue weighted by molar-refractivity contribution is 0.194. The summed E-state index contributed by atoms with van der Waals surface area (Å²) in [6, 6.07) is 0. The van der Waals surface area contributed by atoms with Crippen molar-refractivity contribution in [1.29, 1.82) is 0 Å². The van der Waals surface area contributed by atoms with Gasteiger partial charge in [-0.3, -0.25) is 0 Å². The minimum absolute atomic E-state index is 0.0976. The Balaban J connectivity index is 2.68. The fourth-order valence-corrected chi connectivity index (χ4v) is 0.787. The molecule has 0 amide bonds. The summed E-state index contributed by atoms with van der Waals surface area (Å²) in [5.41, 5.74) is 0. The highest BCUT2D eigenvalue weighted by Crippen LogP contribution is 1.85. The Morgan fingerprint density at radius 3 is 2.43 bits per heavy atom. The van der Waals surface area contributed by atoms with Crippen LogP contribution < -0.4 is 0 Å². The molecule has 0 fully saturated rings. The van der Waals surface area contributed by atoms with Gasteiger partial charge in [0.15, 0.2) is 0 Å². The molecule has 7 heavy (non-hydrogen) atoms. The van der Waals surface area contributed by atoms with Crippen molar-refractivity contribution >= 4 is 11.2 Å². The molecule has 0 N–H and O–H groups in total. The van der Waals surface area contributed by atoms with Crippen molar-refractivity contribution in [3.05, 3.63) is 0 Å². The van der Waals surface area contributed by atoms with Gasteiger partial charge in [0.2, 0.25) is 0 Å². The number of hydrogen-bond donors (Lipinski definition) is 0. The average Bonchev–Trinajstić information content (AvgIpc) is 1.61. The minimum atomic E-state index is -0.765. The fourth-order valence-electron chi connectivity index (χ4n) is 0.262. The molecule has 43 valence electrons.